The average Bonchev–Trinajstić information content (AvgIpc) is 3.50. The van der Waals surface area contributed by atoms with Crippen LogP contribution in [0.1, 0.15) is 63.6 Å². The molecule has 0 saturated carbocycles. The van der Waals surface area contributed by atoms with Crippen LogP contribution in [0.5, 0.6) is 0 Å². The van der Waals surface area contributed by atoms with Crippen molar-refractivity contribution in [1.82, 2.24) is 24.4 Å². The first-order chi connectivity index (χ1) is 25.2. The minimum absolute atomic E-state index is 0.00832. The number of benzene rings is 2. The summed E-state index contributed by atoms with van der Waals surface area (Å²) in [5.74, 6) is -0.834. The number of sulfonamides is 1. The number of amides is 3. The Kier molecular flexibility index (Phi) is 14.1. The van der Waals surface area contributed by atoms with Crippen molar-refractivity contribution >= 4 is 34.4 Å². The highest BCUT2D eigenvalue weighted by Crippen LogP contribution is 2.32. The van der Waals surface area contributed by atoms with E-state index in [4.69, 9.17) is 10.4 Å². The Hall–Kier alpha value is -4.86. The van der Waals surface area contributed by atoms with Crippen molar-refractivity contribution in [3.05, 3.63) is 95.3 Å². The number of pyridine rings is 1. The molecule has 0 aliphatic carbocycles. The summed E-state index contributed by atoms with van der Waals surface area (Å²) in [7, 11) is -4.09. The molecular formula is C38H51N7O7S. The Morgan fingerprint density at radius 1 is 0.981 bits per heavy atom. The Morgan fingerprint density at radius 2 is 1.66 bits per heavy atom. The highest BCUT2D eigenvalue weighted by atomic mass is 32.2. The van der Waals surface area contributed by atoms with Gasteiger partial charge in [-0.3, -0.25) is 4.79 Å². The Bertz CT molecular complexity index is 1840. The number of aliphatic hydroxyl groups excluding tert-OH is 1. The summed E-state index contributed by atoms with van der Waals surface area (Å²) in [6.07, 6.45) is 1.84. The van der Waals surface area contributed by atoms with Crippen LogP contribution in [0, 0.1) is 11.8 Å². The quantitative estimate of drug-likeness (QED) is 0.0847. The van der Waals surface area contributed by atoms with Crippen LogP contribution >= 0.6 is 0 Å². The van der Waals surface area contributed by atoms with E-state index in [1.165, 1.54) is 41.0 Å². The number of rotatable bonds is 18. The molecule has 1 aliphatic rings. The van der Waals surface area contributed by atoms with Crippen molar-refractivity contribution < 1.29 is 33.5 Å². The standard InChI is InChI=1S/C38H51N7O7S/c1-6-28(4)38(5,45-20-19-43(37(45)48)25-32-14-10-13-31(41-32)23-40-50)36(47)42-34(21-29-11-8-7-9-12-29)35(46)26-44(24-27(2)3)53(51,52)33-17-15-30(16-18-33)22-39-49/h7-18,22-23,27-28,34-35,46,49-50H,6,19-21,24-26H2,1-5H3,(H,42,47)/b39-22+,40-23?/t28?,34-,35+,38?/m0/s1. The van der Waals surface area contributed by atoms with Gasteiger partial charge in [0.15, 0.2) is 0 Å². The lowest BCUT2D eigenvalue weighted by molar-refractivity contribution is -0.135. The van der Waals surface area contributed by atoms with Gasteiger partial charge in [-0.1, -0.05) is 93.0 Å². The summed E-state index contributed by atoms with van der Waals surface area (Å²) in [6.45, 7) is 9.97. The van der Waals surface area contributed by atoms with Crippen LogP contribution < -0.4 is 5.32 Å². The molecule has 1 aliphatic heterocycles. The number of nitrogens with zero attached hydrogens (tertiary/aromatic N) is 6. The molecule has 15 heteroatoms. The lowest BCUT2D eigenvalue weighted by Gasteiger charge is -2.43. The summed E-state index contributed by atoms with van der Waals surface area (Å²) in [5.41, 5.74) is 1.04. The van der Waals surface area contributed by atoms with E-state index in [0.717, 1.165) is 5.56 Å². The van der Waals surface area contributed by atoms with Gasteiger partial charge in [-0.2, -0.15) is 4.31 Å². The molecule has 1 aromatic heterocycles. The number of hydrogen-bond acceptors (Lipinski definition) is 10. The molecule has 4 rings (SSSR count). The minimum Gasteiger partial charge on any atom is -0.411 e. The molecule has 1 saturated heterocycles. The maximum Gasteiger partial charge on any atom is 0.321 e. The van der Waals surface area contributed by atoms with E-state index < -0.39 is 33.6 Å². The summed E-state index contributed by atoms with van der Waals surface area (Å²) < 4.78 is 29.1. The number of hydrogen-bond donors (Lipinski definition) is 4. The molecule has 14 nitrogen and oxygen atoms in total. The van der Waals surface area contributed by atoms with E-state index in [9.17, 15) is 23.1 Å². The van der Waals surface area contributed by atoms with Crippen LogP contribution in [0.2, 0.25) is 0 Å². The number of urea groups is 1. The lowest BCUT2D eigenvalue weighted by Crippen LogP contribution is -2.64. The minimum atomic E-state index is -4.09. The van der Waals surface area contributed by atoms with Crippen molar-refractivity contribution in [2.24, 2.45) is 22.1 Å². The Balaban J connectivity index is 1.63. The first-order valence-corrected chi connectivity index (χ1v) is 19.2. The van der Waals surface area contributed by atoms with E-state index in [0.29, 0.717) is 29.9 Å². The molecule has 4 N–H and O–H groups in total. The van der Waals surface area contributed by atoms with E-state index in [2.05, 4.69) is 20.6 Å². The topological polar surface area (TPSA) is 188 Å². The molecule has 4 atom stereocenters. The molecule has 286 valence electrons. The van der Waals surface area contributed by atoms with E-state index in [-0.39, 0.29) is 55.4 Å². The molecule has 3 aromatic rings. The van der Waals surface area contributed by atoms with Gasteiger partial charge in [-0.05, 0) is 60.6 Å². The van der Waals surface area contributed by atoms with Crippen LogP contribution in [0.25, 0.3) is 0 Å². The highest BCUT2D eigenvalue weighted by Gasteiger charge is 2.50. The third kappa shape index (κ3) is 9.97. The maximum atomic E-state index is 14.6. The molecule has 0 spiro atoms. The molecular weight excluding hydrogens is 699 g/mol. The van der Waals surface area contributed by atoms with Gasteiger partial charge in [0.2, 0.25) is 15.9 Å². The lowest BCUT2D eigenvalue weighted by atomic mass is 9.82. The third-order valence-electron chi connectivity index (χ3n) is 9.82. The van der Waals surface area contributed by atoms with Gasteiger partial charge in [-0.25, -0.2) is 18.2 Å². The largest absolute Gasteiger partial charge is 0.411 e. The smallest absolute Gasteiger partial charge is 0.321 e. The SMILES string of the molecule is CCC(C)C(C)(C(=O)N[C@@H](Cc1ccccc1)[C@H](O)CN(CC(C)C)S(=O)(=O)c1ccc(/C=N/O)cc1)N1CCN(Cc2cccc(C=NO)n2)C1=O. The highest BCUT2D eigenvalue weighted by molar-refractivity contribution is 7.89. The molecule has 0 radical (unpaired) electrons. The number of oxime groups is 2. The second kappa shape index (κ2) is 18.3. The zero-order valence-corrected chi connectivity index (χ0v) is 31.7. The number of carbonyl (C=O) groups excluding carboxylic acids is 2. The van der Waals surface area contributed by atoms with Crippen molar-refractivity contribution in [2.45, 2.75) is 76.6 Å². The van der Waals surface area contributed by atoms with Crippen molar-refractivity contribution in [1.29, 1.82) is 0 Å². The van der Waals surface area contributed by atoms with Gasteiger partial charge < -0.3 is 30.6 Å². The molecule has 3 amide bonds. The van der Waals surface area contributed by atoms with Gasteiger partial charge in [0, 0.05) is 26.2 Å². The first kappa shape index (κ1) is 40.9. The van der Waals surface area contributed by atoms with Gasteiger partial charge in [0.1, 0.15) is 5.54 Å². The summed E-state index contributed by atoms with van der Waals surface area (Å²) >= 11 is 0. The van der Waals surface area contributed by atoms with Crippen molar-refractivity contribution in [3.63, 3.8) is 0 Å². The molecule has 2 unspecified atom stereocenters. The number of carbonyl (C=O) groups is 2. The normalized spacial score (nSPS) is 16.8. The predicted molar refractivity (Wildman–Crippen MR) is 201 cm³/mol. The zero-order valence-electron chi connectivity index (χ0n) is 30.9. The Labute approximate surface area is 311 Å². The van der Waals surface area contributed by atoms with E-state index in [1.54, 1.807) is 34.9 Å². The molecule has 2 heterocycles. The van der Waals surface area contributed by atoms with Crippen LogP contribution in [0.15, 0.2) is 88.0 Å². The van der Waals surface area contributed by atoms with E-state index in [1.807, 2.05) is 58.0 Å². The van der Waals surface area contributed by atoms with E-state index >= 15 is 0 Å². The number of aromatic nitrogens is 1. The third-order valence-corrected chi connectivity index (χ3v) is 11.7. The van der Waals surface area contributed by atoms with Crippen LogP contribution in [-0.2, 0) is 27.8 Å². The van der Waals surface area contributed by atoms with Crippen LogP contribution in [0.3, 0.4) is 0 Å². The number of aliphatic hydroxyl groups is 1. The van der Waals surface area contributed by atoms with Crippen molar-refractivity contribution in [2.75, 3.05) is 26.2 Å². The predicted octanol–water partition coefficient (Wildman–Crippen LogP) is 4.18. The number of nitrogens with one attached hydrogen (secondary N) is 1. The van der Waals surface area contributed by atoms with Crippen LogP contribution in [-0.4, -0.2) is 111 Å². The Morgan fingerprint density at radius 3 is 2.28 bits per heavy atom. The fraction of sp³-hybridized carbons (Fsp3) is 0.447. The molecule has 2 aromatic carbocycles. The monoisotopic (exact) mass is 749 g/mol. The first-order valence-electron chi connectivity index (χ1n) is 17.7. The fourth-order valence-electron chi connectivity index (χ4n) is 6.50. The average molecular weight is 750 g/mol. The van der Waals surface area contributed by atoms with Gasteiger partial charge in [0.05, 0.1) is 47.4 Å². The maximum absolute atomic E-state index is 14.6. The summed E-state index contributed by atoms with van der Waals surface area (Å²) in [6, 6.07) is 19.1. The fourth-order valence-corrected chi connectivity index (χ4v) is 8.13. The molecule has 0 bridgehead atoms. The summed E-state index contributed by atoms with van der Waals surface area (Å²) in [4.78, 5) is 36.2. The van der Waals surface area contributed by atoms with Crippen molar-refractivity contribution in [3.8, 4) is 0 Å². The van der Waals surface area contributed by atoms with Gasteiger partial charge in [-0.15, -0.1) is 0 Å². The van der Waals surface area contributed by atoms with Crippen LogP contribution in [0.4, 0.5) is 4.79 Å². The zero-order chi connectivity index (χ0) is 38.8. The summed E-state index contributed by atoms with van der Waals surface area (Å²) in [5, 5.41) is 38.8. The van der Waals surface area contributed by atoms with Gasteiger partial charge in [0.25, 0.3) is 0 Å². The van der Waals surface area contributed by atoms with Gasteiger partial charge >= 0.3 is 6.03 Å². The second-order valence-corrected chi connectivity index (χ2v) is 15.9. The second-order valence-electron chi connectivity index (χ2n) is 14.0. The molecule has 53 heavy (non-hydrogen) atoms. The molecule has 1 fully saturated rings.